The van der Waals surface area contributed by atoms with Crippen LogP contribution in [0.3, 0.4) is 0 Å². The van der Waals surface area contributed by atoms with Crippen LogP contribution in [0.15, 0.2) is 109 Å². The molecule has 3 nitrogen and oxygen atoms in total. The predicted molar refractivity (Wildman–Crippen MR) is 148 cm³/mol. The van der Waals surface area contributed by atoms with Crippen LogP contribution in [0.1, 0.15) is 32.8 Å². The number of hydrogen-bond donors (Lipinski definition) is 0. The van der Waals surface area contributed by atoms with Crippen molar-refractivity contribution in [1.29, 1.82) is 0 Å². The molecule has 0 aliphatic heterocycles. The van der Waals surface area contributed by atoms with Gasteiger partial charge < -0.3 is 9.47 Å². The Kier molecular flexibility index (Phi) is 9.58. The van der Waals surface area contributed by atoms with Gasteiger partial charge in [0.05, 0.1) is 24.7 Å². The molecule has 0 fully saturated rings. The molecule has 0 radical (unpaired) electrons. The van der Waals surface area contributed by atoms with Gasteiger partial charge >= 0.3 is 0 Å². The molecule has 180 valence electrons. The molecule has 0 bridgehead atoms. The largest absolute Gasteiger partial charge is 0.497 e. The fourth-order valence-electron chi connectivity index (χ4n) is 3.82. The second-order valence-electron chi connectivity index (χ2n) is 8.16. The van der Waals surface area contributed by atoms with Crippen molar-refractivity contribution in [3.05, 3.63) is 131 Å². The lowest BCUT2D eigenvalue weighted by Gasteiger charge is -2.20. The van der Waals surface area contributed by atoms with E-state index in [9.17, 15) is 0 Å². The monoisotopic (exact) mass is 502 g/mol. The molecule has 0 aromatic heterocycles. The molecule has 2 atom stereocenters. The Morgan fingerprint density at radius 2 is 0.886 bits per heavy atom. The van der Waals surface area contributed by atoms with Crippen LogP contribution in [0.2, 0.25) is 0 Å². The van der Waals surface area contributed by atoms with Crippen molar-refractivity contribution >= 4 is 24.1 Å². The summed E-state index contributed by atoms with van der Waals surface area (Å²) in [5.74, 6) is 1.74. The van der Waals surface area contributed by atoms with Gasteiger partial charge in [-0.15, -0.1) is 0 Å². The minimum atomic E-state index is 0.175. The quantitative estimate of drug-likeness (QED) is 0.182. The fraction of sp³-hybridized carbons (Fsp3) is 0.200. The Hall–Kier alpha value is -2.86. The summed E-state index contributed by atoms with van der Waals surface area (Å²) >= 11 is 3.06. The molecule has 35 heavy (non-hydrogen) atoms. The fourth-order valence-corrected chi connectivity index (χ4v) is 5.82. The third-order valence-corrected chi connectivity index (χ3v) is 7.78. The predicted octanol–water partition coefficient (Wildman–Crippen LogP) is 8.28. The summed E-state index contributed by atoms with van der Waals surface area (Å²) in [6.45, 7) is 0. The first kappa shape index (κ1) is 25.2. The summed E-state index contributed by atoms with van der Waals surface area (Å²) in [5.41, 5.74) is 5.00. The number of ether oxygens (including phenoxy) is 2. The topological polar surface area (TPSA) is 27.7 Å². The van der Waals surface area contributed by atoms with Gasteiger partial charge in [-0.3, -0.25) is 0 Å². The lowest BCUT2D eigenvalue weighted by molar-refractivity contribution is 0.414. The molecular weight excluding hydrogens is 472 g/mol. The van der Waals surface area contributed by atoms with Crippen molar-refractivity contribution in [3.8, 4) is 11.5 Å². The third-order valence-electron chi connectivity index (χ3n) is 5.81. The van der Waals surface area contributed by atoms with Crippen molar-refractivity contribution in [3.63, 3.8) is 0 Å². The van der Waals surface area contributed by atoms with Crippen LogP contribution in [-0.2, 0) is 16.5 Å². The van der Waals surface area contributed by atoms with E-state index in [1.165, 1.54) is 46.3 Å². The third kappa shape index (κ3) is 7.56. The number of benzene rings is 4. The van der Waals surface area contributed by atoms with Crippen LogP contribution < -0.4 is 9.47 Å². The molecular formula is C30H30O3S2. The minimum Gasteiger partial charge on any atom is -0.497 e. The second kappa shape index (κ2) is 13.3. The zero-order valence-corrected chi connectivity index (χ0v) is 21.6. The Bertz CT molecular complexity index is 1040. The Morgan fingerprint density at radius 1 is 0.514 bits per heavy atom. The first-order valence-corrected chi connectivity index (χ1v) is 13.2. The van der Waals surface area contributed by atoms with Crippen molar-refractivity contribution in [2.75, 3.05) is 14.2 Å². The van der Waals surface area contributed by atoms with E-state index in [2.05, 4.69) is 84.9 Å². The first-order chi connectivity index (χ1) is 17.2. The Morgan fingerprint density at radius 3 is 1.23 bits per heavy atom. The van der Waals surface area contributed by atoms with Gasteiger partial charge in [0.15, 0.2) is 0 Å². The summed E-state index contributed by atoms with van der Waals surface area (Å²) in [6, 6.07) is 37.7. The highest BCUT2D eigenvalue weighted by molar-refractivity contribution is 8.08. The molecule has 0 amide bonds. The first-order valence-electron chi connectivity index (χ1n) is 11.6. The van der Waals surface area contributed by atoms with Crippen LogP contribution in [0.5, 0.6) is 11.5 Å². The van der Waals surface area contributed by atoms with E-state index < -0.39 is 0 Å². The van der Waals surface area contributed by atoms with Crippen LogP contribution in [0.25, 0.3) is 0 Å². The van der Waals surface area contributed by atoms with Crippen molar-refractivity contribution in [2.24, 2.45) is 0 Å². The van der Waals surface area contributed by atoms with Gasteiger partial charge in [-0.25, -0.2) is 3.63 Å². The summed E-state index contributed by atoms with van der Waals surface area (Å²) in [4.78, 5) is 0. The molecule has 0 heterocycles. The highest BCUT2D eigenvalue weighted by atomic mass is 32.2. The maximum absolute atomic E-state index is 6.28. The summed E-state index contributed by atoms with van der Waals surface area (Å²) in [7, 11) is 3.38. The standard InChI is InChI=1S/C30H30O3S2/c1-31-27-17-13-23(14-18-27)21-29(25-9-5-3-6-10-25)34-33-35-30(26-11-7-4-8-12-26)22-24-15-19-28(32-2)20-16-24/h3-20,29-30H,21-22H2,1-2H3. The van der Waals surface area contributed by atoms with Gasteiger partial charge in [0, 0.05) is 24.1 Å². The van der Waals surface area contributed by atoms with Gasteiger partial charge in [-0.1, -0.05) is 84.9 Å². The average molecular weight is 503 g/mol. The minimum absolute atomic E-state index is 0.175. The van der Waals surface area contributed by atoms with E-state index >= 15 is 0 Å². The zero-order chi connectivity index (χ0) is 24.3. The van der Waals surface area contributed by atoms with Crippen LogP contribution >= 0.6 is 24.1 Å². The molecule has 2 unspecified atom stereocenters. The molecule has 4 aromatic rings. The smallest absolute Gasteiger partial charge is 0.118 e. The molecule has 0 aliphatic carbocycles. The van der Waals surface area contributed by atoms with E-state index in [4.69, 9.17) is 13.1 Å². The van der Waals surface area contributed by atoms with Crippen molar-refractivity contribution < 1.29 is 13.1 Å². The lowest BCUT2D eigenvalue weighted by Crippen LogP contribution is -2.02. The van der Waals surface area contributed by atoms with Gasteiger partial charge in [-0.2, -0.15) is 0 Å². The summed E-state index contributed by atoms with van der Waals surface area (Å²) in [5, 5.41) is 0.351. The van der Waals surface area contributed by atoms with Crippen LogP contribution in [0.4, 0.5) is 0 Å². The Labute approximate surface area is 217 Å². The van der Waals surface area contributed by atoms with E-state index in [1.807, 2.05) is 24.3 Å². The molecule has 0 saturated carbocycles. The maximum atomic E-state index is 6.28. The molecule has 0 N–H and O–H groups in total. The lowest BCUT2D eigenvalue weighted by atomic mass is 10.0. The zero-order valence-electron chi connectivity index (χ0n) is 20.0. The van der Waals surface area contributed by atoms with E-state index in [1.54, 1.807) is 14.2 Å². The summed E-state index contributed by atoms with van der Waals surface area (Å²) in [6.07, 6.45) is 1.74. The maximum Gasteiger partial charge on any atom is 0.118 e. The average Bonchev–Trinajstić information content (AvgIpc) is 2.93. The van der Waals surface area contributed by atoms with E-state index in [0.29, 0.717) is 0 Å². The highest BCUT2D eigenvalue weighted by Gasteiger charge is 2.19. The number of hydrogen-bond acceptors (Lipinski definition) is 5. The molecule has 0 saturated heterocycles. The van der Waals surface area contributed by atoms with Crippen molar-refractivity contribution in [1.82, 2.24) is 0 Å². The SMILES string of the molecule is COc1ccc(CC(SOSC(Cc2ccc(OC)cc2)c2ccccc2)c2ccccc2)cc1. The van der Waals surface area contributed by atoms with Gasteiger partial charge in [0.2, 0.25) is 0 Å². The second-order valence-corrected chi connectivity index (χ2v) is 10.2. The molecule has 0 spiro atoms. The van der Waals surface area contributed by atoms with Crippen LogP contribution in [-0.4, -0.2) is 14.2 Å². The number of rotatable bonds is 12. The van der Waals surface area contributed by atoms with Crippen molar-refractivity contribution in [2.45, 2.75) is 23.3 Å². The normalized spacial score (nSPS) is 12.6. The van der Waals surface area contributed by atoms with Gasteiger partial charge in [0.1, 0.15) is 11.5 Å². The van der Waals surface area contributed by atoms with E-state index in [-0.39, 0.29) is 10.5 Å². The molecule has 4 rings (SSSR count). The molecule has 5 heteroatoms. The Balaban J connectivity index is 1.46. The van der Waals surface area contributed by atoms with E-state index in [0.717, 1.165) is 24.3 Å². The van der Waals surface area contributed by atoms with Crippen LogP contribution in [0, 0.1) is 0 Å². The van der Waals surface area contributed by atoms with Gasteiger partial charge in [0.25, 0.3) is 0 Å². The summed E-state index contributed by atoms with van der Waals surface area (Å²) < 4.78 is 16.9. The van der Waals surface area contributed by atoms with Gasteiger partial charge in [-0.05, 0) is 59.4 Å². The number of methoxy groups -OCH3 is 2. The molecule has 0 aliphatic rings. The highest BCUT2D eigenvalue weighted by Crippen LogP contribution is 2.41. The molecule has 4 aromatic carbocycles.